The quantitative estimate of drug-likeness (QED) is 0.521. The van der Waals surface area contributed by atoms with Crippen LogP contribution in [0.3, 0.4) is 0 Å². The summed E-state index contributed by atoms with van der Waals surface area (Å²) in [5.74, 6) is 0.823. The van der Waals surface area contributed by atoms with Gasteiger partial charge < -0.3 is 5.32 Å². The smallest absolute Gasteiger partial charge is 0.0157 e. The Balaban J connectivity index is 2.88. The lowest BCUT2D eigenvalue weighted by Crippen LogP contribution is -2.22. The Bertz CT molecular complexity index is 56.9. The molecular weight excluding hydrogens is 178 g/mol. The van der Waals surface area contributed by atoms with Crippen LogP contribution in [0.15, 0.2) is 0 Å². The van der Waals surface area contributed by atoms with Gasteiger partial charge in [-0.3, -0.25) is 0 Å². The van der Waals surface area contributed by atoms with E-state index in [4.69, 9.17) is 0 Å². The van der Waals surface area contributed by atoms with E-state index in [1.54, 1.807) is 0 Å². The molecule has 56 valence electrons. The first-order valence-corrected chi connectivity index (χ1v) is 4.70. The van der Waals surface area contributed by atoms with Crippen molar-refractivity contribution in [1.29, 1.82) is 0 Å². The van der Waals surface area contributed by atoms with Gasteiger partial charge >= 0.3 is 0 Å². The van der Waals surface area contributed by atoms with Crippen LogP contribution in [0.5, 0.6) is 0 Å². The Morgan fingerprint density at radius 2 is 2.22 bits per heavy atom. The van der Waals surface area contributed by atoms with Crippen LogP contribution in [-0.4, -0.2) is 18.4 Å². The minimum atomic E-state index is 0.823. The zero-order valence-electron chi connectivity index (χ0n) is 6.28. The zero-order chi connectivity index (χ0) is 7.11. The van der Waals surface area contributed by atoms with Crippen molar-refractivity contribution in [2.24, 2.45) is 5.92 Å². The van der Waals surface area contributed by atoms with Crippen LogP contribution in [0.25, 0.3) is 0 Å². The van der Waals surface area contributed by atoms with E-state index in [2.05, 4.69) is 35.1 Å². The van der Waals surface area contributed by atoms with Crippen LogP contribution in [-0.2, 0) is 0 Å². The normalized spacial score (nSPS) is 13.7. The van der Waals surface area contributed by atoms with Crippen molar-refractivity contribution in [2.75, 3.05) is 18.4 Å². The van der Waals surface area contributed by atoms with Gasteiger partial charge in [-0.15, -0.1) is 0 Å². The van der Waals surface area contributed by atoms with Crippen molar-refractivity contribution < 1.29 is 0 Å². The summed E-state index contributed by atoms with van der Waals surface area (Å²) in [5, 5.41) is 4.40. The summed E-state index contributed by atoms with van der Waals surface area (Å²) in [6, 6.07) is 0. The third kappa shape index (κ3) is 6.32. The molecule has 2 heteroatoms. The number of hydrogen-bond donors (Lipinski definition) is 1. The minimum Gasteiger partial charge on any atom is -0.316 e. The Labute approximate surface area is 66.3 Å². The third-order valence-electron chi connectivity index (χ3n) is 1.46. The van der Waals surface area contributed by atoms with Gasteiger partial charge in [-0.1, -0.05) is 36.2 Å². The molecule has 0 aromatic rings. The maximum absolute atomic E-state index is 3.36. The van der Waals surface area contributed by atoms with Crippen molar-refractivity contribution in [1.82, 2.24) is 5.32 Å². The maximum Gasteiger partial charge on any atom is 0.0157 e. The van der Waals surface area contributed by atoms with E-state index in [9.17, 15) is 0 Å². The van der Waals surface area contributed by atoms with Crippen molar-refractivity contribution >= 4 is 15.9 Å². The van der Waals surface area contributed by atoms with E-state index in [1.807, 2.05) is 0 Å². The van der Waals surface area contributed by atoms with Crippen LogP contribution in [0.2, 0.25) is 0 Å². The largest absolute Gasteiger partial charge is 0.316 e. The van der Waals surface area contributed by atoms with E-state index < -0.39 is 0 Å². The summed E-state index contributed by atoms with van der Waals surface area (Å²) in [7, 11) is 0. The van der Waals surface area contributed by atoms with Crippen molar-refractivity contribution in [2.45, 2.75) is 20.3 Å². The Morgan fingerprint density at radius 1 is 1.56 bits per heavy atom. The van der Waals surface area contributed by atoms with E-state index in [-0.39, 0.29) is 0 Å². The number of alkyl halides is 1. The average molecular weight is 194 g/mol. The molecule has 1 unspecified atom stereocenters. The van der Waals surface area contributed by atoms with Crippen LogP contribution >= 0.6 is 15.9 Å². The first-order valence-electron chi connectivity index (χ1n) is 3.58. The number of nitrogens with one attached hydrogen (secondary N) is 1. The molecule has 0 aromatic carbocycles. The number of rotatable bonds is 5. The number of hydrogen-bond acceptors (Lipinski definition) is 1. The minimum absolute atomic E-state index is 0.823. The SMILES string of the molecule is CCC(C)CNCCBr. The first kappa shape index (κ1) is 9.44. The molecule has 1 atom stereocenters. The lowest BCUT2D eigenvalue weighted by Gasteiger charge is -2.07. The van der Waals surface area contributed by atoms with E-state index >= 15 is 0 Å². The molecule has 1 nitrogen and oxygen atoms in total. The van der Waals surface area contributed by atoms with Crippen LogP contribution < -0.4 is 5.32 Å². The molecule has 0 saturated carbocycles. The highest BCUT2D eigenvalue weighted by Gasteiger charge is 1.94. The molecule has 0 rings (SSSR count). The second-order valence-corrected chi connectivity index (χ2v) is 3.20. The molecule has 1 N–H and O–H groups in total. The van der Waals surface area contributed by atoms with Gasteiger partial charge in [0.25, 0.3) is 0 Å². The second kappa shape index (κ2) is 6.56. The fourth-order valence-electron chi connectivity index (χ4n) is 0.560. The van der Waals surface area contributed by atoms with E-state index in [0.29, 0.717) is 0 Å². The zero-order valence-corrected chi connectivity index (χ0v) is 7.87. The van der Waals surface area contributed by atoms with Gasteiger partial charge in [-0.2, -0.15) is 0 Å². The molecule has 0 aliphatic carbocycles. The summed E-state index contributed by atoms with van der Waals surface area (Å²) in [6.07, 6.45) is 1.27. The van der Waals surface area contributed by atoms with Gasteiger partial charge in [0.1, 0.15) is 0 Å². The second-order valence-electron chi connectivity index (χ2n) is 2.41. The third-order valence-corrected chi connectivity index (χ3v) is 1.86. The van der Waals surface area contributed by atoms with Gasteiger partial charge in [0.05, 0.1) is 0 Å². The van der Waals surface area contributed by atoms with Crippen molar-refractivity contribution in [3.05, 3.63) is 0 Å². The van der Waals surface area contributed by atoms with Crippen LogP contribution in [0, 0.1) is 5.92 Å². The van der Waals surface area contributed by atoms with Crippen molar-refractivity contribution in [3.8, 4) is 0 Å². The van der Waals surface area contributed by atoms with Gasteiger partial charge in [0, 0.05) is 11.9 Å². The molecule has 9 heavy (non-hydrogen) atoms. The summed E-state index contributed by atoms with van der Waals surface area (Å²) in [6.45, 7) is 6.73. The summed E-state index contributed by atoms with van der Waals surface area (Å²) in [5.41, 5.74) is 0. The fourth-order valence-corrected chi connectivity index (χ4v) is 0.840. The molecule has 0 bridgehead atoms. The van der Waals surface area contributed by atoms with Gasteiger partial charge in [0.15, 0.2) is 0 Å². The topological polar surface area (TPSA) is 12.0 Å². The predicted molar refractivity (Wildman–Crippen MR) is 46.1 cm³/mol. The fraction of sp³-hybridized carbons (Fsp3) is 1.00. The Hall–Kier alpha value is 0.440. The average Bonchev–Trinajstić information content (AvgIpc) is 1.89. The number of halogens is 1. The first-order chi connectivity index (χ1) is 4.31. The molecule has 0 aliphatic rings. The highest BCUT2D eigenvalue weighted by atomic mass is 79.9. The van der Waals surface area contributed by atoms with E-state index in [1.165, 1.54) is 6.42 Å². The monoisotopic (exact) mass is 193 g/mol. The Morgan fingerprint density at radius 3 is 2.67 bits per heavy atom. The molecule has 0 saturated heterocycles. The lowest BCUT2D eigenvalue weighted by molar-refractivity contribution is 0.511. The summed E-state index contributed by atoms with van der Waals surface area (Å²) in [4.78, 5) is 0. The molecule has 0 fully saturated rings. The molecule has 0 amide bonds. The summed E-state index contributed by atoms with van der Waals surface area (Å²) < 4.78 is 0. The van der Waals surface area contributed by atoms with Gasteiger partial charge in [-0.05, 0) is 12.5 Å². The molecular formula is C7H16BrN. The molecule has 0 radical (unpaired) electrons. The highest BCUT2D eigenvalue weighted by Crippen LogP contribution is 1.96. The van der Waals surface area contributed by atoms with Crippen molar-refractivity contribution in [3.63, 3.8) is 0 Å². The van der Waals surface area contributed by atoms with Gasteiger partial charge in [-0.25, -0.2) is 0 Å². The van der Waals surface area contributed by atoms with Crippen LogP contribution in [0.4, 0.5) is 0 Å². The maximum atomic E-state index is 3.36. The Kier molecular flexibility index (Phi) is 6.88. The lowest BCUT2D eigenvalue weighted by atomic mass is 10.1. The predicted octanol–water partition coefficient (Wildman–Crippen LogP) is 2.02. The summed E-state index contributed by atoms with van der Waals surface area (Å²) >= 11 is 3.36. The standard InChI is InChI=1S/C7H16BrN/c1-3-7(2)6-9-5-4-8/h7,9H,3-6H2,1-2H3. The molecule has 0 heterocycles. The molecule has 0 spiro atoms. The molecule has 0 aliphatic heterocycles. The highest BCUT2D eigenvalue weighted by molar-refractivity contribution is 9.09. The van der Waals surface area contributed by atoms with Crippen LogP contribution in [0.1, 0.15) is 20.3 Å². The van der Waals surface area contributed by atoms with Gasteiger partial charge in [0.2, 0.25) is 0 Å². The molecule has 0 aromatic heterocycles. The van der Waals surface area contributed by atoms with E-state index in [0.717, 1.165) is 24.3 Å².